The van der Waals surface area contributed by atoms with Gasteiger partial charge in [0.05, 0.1) is 10.5 Å². The second-order valence-corrected chi connectivity index (χ2v) is 11.2. The first-order valence-electron chi connectivity index (χ1n) is 11.6. The number of aryl methyl sites for hydroxylation is 3. The lowest BCUT2D eigenvalue weighted by molar-refractivity contribution is 0.205. The monoisotopic (exact) mass is 493 g/mol. The van der Waals surface area contributed by atoms with Gasteiger partial charge in [-0.1, -0.05) is 23.8 Å². The highest BCUT2D eigenvalue weighted by atomic mass is 32.2. The smallest absolute Gasteiger partial charge is 0.243 e. The van der Waals surface area contributed by atoms with Gasteiger partial charge in [0.25, 0.3) is 0 Å². The van der Waals surface area contributed by atoms with Gasteiger partial charge in [-0.05, 0) is 75.2 Å². The highest BCUT2D eigenvalue weighted by molar-refractivity contribution is 7.89. The van der Waals surface area contributed by atoms with Crippen LogP contribution in [0.25, 0.3) is 0 Å². The van der Waals surface area contributed by atoms with Crippen molar-refractivity contribution in [1.29, 1.82) is 0 Å². The number of hydrogen-bond acceptors (Lipinski definition) is 5. The number of rotatable bonds is 2. The highest BCUT2D eigenvalue weighted by Crippen LogP contribution is 2.39. The Kier molecular flexibility index (Phi) is 5.89. The zero-order valence-corrected chi connectivity index (χ0v) is 21.1. The first-order chi connectivity index (χ1) is 16.6. The van der Waals surface area contributed by atoms with Crippen LogP contribution in [0.15, 0.2) is 64.5 Å². The fraction of sp³-hybridized carbons (Fsp3) is 0.296. The molecule has 5 rings (SSSR count). The SMILES string of the molecule is Cc1ccc2c(c1)Oc1ccc(C)cc1C(N1CCN(S(=O)(=O)c3ccc(C)c(F)c3)C(C)C1)=N2. The van der Waals surface area contributed by atoms with Gasteiger partial charge in [0, 0.05) is 25.7 Å². The summed E-state index contributed by atoms with van der Waals surface area (Å²) in [5.41, 5.74) is 4.19. The van der Waals surface area contributed by atoms with Crippen LogP contribution in [0, 0.1) is 26.6 Å². The van der Waals surface area contributed by atoms with E-state index in [-0.39, 0.29) is 17.5 Å². The Morgan fingerprint density at radius 1 is 0.943 bits per heavy atom. The summed E-state index contributed by atoms with van der Waals surface area (Å²) >= 11 is 0. The molecule has 3 aromatic carbocycles. The van der Waals surface area contributed by atoms with Crippen molar-refractivity contribution in [3.8, 4) is 11.5 Å². The van der Waals surface area contributed by atoms with Crippen molar-refractivity contribution >= 4 is 21.5 Å². The molecule has 1 saturated heterocycles. The van der Waals surface area contributed by atoms with Gasteiger partial charge < -0.3 is 9.64 Å². The molecule has 2 aliphatic rings. The largest absolute Gasteiger partial charge is 0.454 e. The third-order valence-electron chi connectivity index (χ3n) is 6.55. The van der Waals surface area contributed by atoms with Crippen LogP contribution in [0.2, 0.25) is 0 Å². The van der Waals surface area contributed by atoms with E-state index in [4.69, 9.17) is 9.73 Å². The Morgan fingerprint density at radius 3 is 2.43 bits per heavy atom. The minimum Gasteiger partial charge on any atom is -0.454 e. The van der Waals surface area contributed by atoms with Crippen molar-refractivity contribution in [2.45, 2.75) is 38.6 Å². The summed E-state index contributed by atoms with van der Waals surface area (Å²) in [6, 6.07) is 15.7. The van der Waals surface area contributed by atoms with E-state index in [0.717, 1.165) is 40.0 Å². The van der Waals surface area contributed by atoms with E-state index in [9.17, 15) is 12.8 Å². The molecular weight excluding hydrogens is 465 g/mol. The molecule has 0 radical (unpaired) electrons. The van der Waals surface area contributed by atoms with Crippen LogP contribution in [0.1, 0.15) is 29.2 Å². The number of sulfonamides is 1. The molecule has 182 valence electrons. The minimum atomic E-state index is -3.83. The molecule has 2 heterocycles. The molecule has 0 aromatic heterocycles. The summed E-state index contributed by atoms with van der Waals surface area (Å²) in [6.45, 7) is 8.68. The lowest BCUT2D eigenvalue weighted by atomic mass is 10.1. The molecule has 2 aliphatic heterocycles. The van der Waals surface area contributed by atoms with Crippen molar-refractivity contribution < 1.29 is 17.5 Å². The van der Waals surface area contributed by atoms with Gasteiger partial charge in [-0.3, -0.25) is 0 Å². The Labute approximate surface area is 205 Å². The molecule has 1 unspecified atom stereocenters. The standard InChI is InChI=1S/C27H28FN3O3S/c1-17-6-10-25-22(13-17)27(29-24-9-5-18(2)14-26(24)34-25)30-11-12-31(20(4)16-30)35(32,33)21-8-7-19(3)23(28)15-21/h5-10,13-15,20H,11-12,16H2,1-4H3. The molecular formula is C27H28FN3O3S. The van der Waals surface area contributed by atoms with E-state index in [2.05, 4.69) is 11.0 Å². The fourth-order valence-corrected chi connectivity index (χ4v) is 6.22. The van der Waals surface area contributed by atoms with E-state index < -0.39 is 15.8 Å². The molecule has 1 fully saturated rings. The Morgan fingerprint density at radius 2 is 1.69 bits per heavy atom. The normalized spacial score (nSPS) is 18.3. The molecule has 6 nitrogen and oxygen atoms in total. The fourth-order valence-electron chi connectivity index (χ4n) is 4.60. The van der Waals surface area contributed by atoms with Crippen molar-refractivity contribution in [2.75, 3.05) is 19.6 Å². The van der Waals surface area contributed by atoms with Gasteiger partial charge in [0.2, 0.25) is 10.0 Å². The van der Waals surface area contributed by atoms with Gasteiger partial charge in [-0.2, -0.15) is 4.31 Å². The molecule has 0 saturated carbocycles. The number of halogens is 1. The summed E-state index contributed by atoms with van der Waals surface area (Å²) in [6.07, 6.45) is 0. The quantitative estimate of drug-likeness (QED) is 0.484. The molecule has 8 heteroatoms. The molecule has 3 aromatic rings. The van der Waals surface area contributed by atoms with E-state index in [1.54, 1.807) is 6.92 Å². The average molecular weight is 494 g/mol. The molecule has 0 bridgehead atoms. The predicted octanol–water partition coefficient (Wildman–Crippen LogP) is 5.33. The summed E-state index contributed by atoms with van der Waals surface area (Å²) < 4.78 is 48.5. The number of hydrogen-bond donors (Lipinski definition) is 0. The Balaban J connectivity index is 1.49. The number of nitrogens with zero attached hydrogens (tertiary/aromatic N) is 3. The first-order valence-corrected chi connectivity index (χ1v) is 13.1. The zero-order valence-electron chi connectivity index (χ0n) is 20.2. The van der Waals surface area contributed by atoms with Crippen LogP contribution >= 0.6 is 0 Å². The van der Waals surface area contributed by atoms with Gasteiger partial charge in [-0.25, -0.2) is 17.8 Å². The van der Waals surface area contributed by atoms with Gasteiger partial charge in [-0.15, -0.1) is 0 Å². The summed E-state index contributed by atoms with van der Waals surface area (Å²) in [7, 11) is -3.83. The van der Waals surface area contributed by atoms with Crippen LogP contribution in [0.3, 0.4) is 0 Å². The number of amidine groups is 1. The van der Waals surface area contributed by atoms with Gasteiger partial charge >= 0.3 is 0 Å². The second kappa shape index (κ2) is 8.77. The van der Waals surface area contributed by atoms with E-state index in [0.29, 0.717) is 24.4 Å². The predicted molar refractivity (Wildman–Crippen MR) is 135 cm³/mol. The summed E-state index contributed by atoms with van der Waals surface area (Å²) in [5.74, 6) is 1.65. The Bertz CT molecular complexity index is 1450. The summed E-state index contributed by atoms with van der Waals surface area (Å²) in [5, 5.41) is 0. The van der Waals surface area contributed by atoms with Crippen molar-refractivity contribution in [3.63, 3.8) is 0 Å². The molecule has 0 N–H and O–H groups in total. The first kappa shape index (κ1) is 23.5. The van der Waals surface area contributed by atoms with Crippen LogP contribution in [-0.4, -0.2) is 49.1 Å². The van der Waals surface area contributed by atoms with Crippen molar-refractivity contribution in [1.82, 2.24) is 9.21 Å². The number of benzene rings is 3. The van der Waals surface area contributed by atoms with Gasteiger partial charge in [0.15, 0.2) is 5.75 Å². The highest BCUT2D eigenvalue weighted by Gasteiger charge is 2.36. The lowest BCUT2D eigenvalue weighted by Gasteiger charge is -2.40. The minimum absolute atomic E-state index is 0.0219. The van der Waals surface area contributed by atoms with Crippen LogP contribution in [0.5, 0.6) is 11.5 Å². The molecule has 0 aliphatic carbocycles. The van der Waals surface area contributed by atoms with Crippen LogP contribution < -0.4 is 4.74 Å². The third-order valence-corrected chi connectivity index (χ3v) is 8.56. The maximum atomic E-state index is 14.1. The third kappa shape index (κ3) is 4.32. The number of aliphatic imine (C=N–C) groups is 1. The topological polar surface area (TPSA) is 62.2 Å². The number of ether oxygens (including phenoxy) is 1. The van der Waals surface area contributed by atoms with Crippen molar-refractivity contribution in [3.05, 3.63) is 82.7 Å². The van der Waals surface area contributed by atoms with Gasteiger partial charge in [0.1, 0.15) is 23.1 Å². The zero-order chi connectivity index (χ0) is 24.9. The van der Waals surface area contributed by atoms with E-state index in [1.807, 2.05) is 51.1 Å². The number of piperazine rings is 1. The van der Waals surface area contributed by atoms with E-state index in [1.165, 1.54) is 16.4 Å². The molecule has 0 amide bonds. The van der Waals surface area contributed by atoms with E-state index >= 15 is 0 Å². The lowest BCUT2D eigenvalue weighted by Crippen LogP contribution is -2.55. The Hall–Kier alpha value is -3.23. The average Bonchev–Trinajstić information content (AvgIpc) is 2.96. The van der Waals surface area contributed by atoms with Crippen LogP contribution in [0.4, 0.5) is 10.1 Å². The molecule has 1 atom stereocenters. The van der Waals surface area contributed by atoms with Crippen molar-refractivity contribution in [2.24, 2.45) is 4.99 Å². The molecule has 35 heavy (non-hydrogen) atoms. The maximum absolute atomic E-state index is 14.1. The maximum Gasteiger partial charge on any atom is 0.243 e. The number of fused-ring (bicyclic) bond motifs is 2. The second-order valence-electron chi connectivity index (χ2n) is 9.33. The van der Waals surface area contributed by atoms with Crippen LogP contribution in [-0.2, 0) is 10.0 Å². The summed E-state index contributed by atoms with van der Waals surface area (Å²) in [4.78, 5) is 7.08. The molecule has 0 spiro atoms.